The van der Waals surface area contributed by atoms with Gasteiger partial charge in [-0.15, -0.1) is 0 Å². The highest BCUT2D eigenvalue weighted by molar-refractivity contribution is 5.23. The van der Waals surface area contributed by atoms with Crippen LogP contribution in [0, 0.1) is 10.1 Å². The van der Waals surface area contributed by atoms with Crippen LogP contribution < -0.4 is 0 Å². The predicted molar refractivity (Wildman–Crippen MR) is 47.8 cm³/mol. The number of nitrogens with zero attached hydrogens (tertiary/aromatic N) is 1. The van der Waals surface area contributed by atoms with Gasteiger partial charge in [-0.1, -0.05) is 17.7 Å². The molecule has 72 valence electrons. The Morgan fingerprint density at radius 3 is 2.92 bits per heavy atom. The van der Waals surface area contributed by atoms with Gasteiger partial charge in [-0.3, -0.25) is 10.1 Å². The standard InChI is InChI=1S/C9H12FNO2/c1-7-3-4-8(11(12)13)9(2,10)6-5-7/h3,5-6,8H,4H2,1-2H3. The van der Waals surface area contributed by atoms with Crippen LogP contribution in [0.4, 0.5) is 4.39 Å². The van der Waals surface area contributed by atoms with E-state index in [9.17, 15) is 14.5 Å². The molecule has 0 aliphatic heterocycles. The summed E-state index contributed by atoms with van der Waals surface area (Å²) in [5.41, 5.74) is -0.981. The molecule has 0 fully saturated rings. The Labute approximate surface area is 76.1 Å². The van der Waals surface area contributed by atoms with Gasteiger partial charge in [0, 0.05) is 11.3 Å². The van der Waals surface area contributed by atoms with Crippen LogP contribution in [0.2, 0.25) is 0 Å². The van der Waals surface area contributed by atoms with Gasteiger partial charge >= 0.3 is 0 Å². The molecule has 0 amide bonds. The molecular weight excluding hydrogens is 173 g/mol. The highest BCUT2D eigenvalue weighted by Crippen LogP contribution is 2.26. The Balaban J connectivity index is 2.97. The molecule has 1 aliphatic rings. The van der Waals surface area contributed by atoms with Crippen molar-refractivity contribution in [1.82, 2.24) is 0 Å². The van der Waals surface area contributed by atoms with Gasteiger partial charge in [-0.25, -0.2) is 4.39 Å². The van der Waals surface area contributed by atoms with Crippen molar-refractivity contribution in [3.63, 3.8) is 0 Å². The second kappa shape index (κ2) is 3.28. The number of hydrogen-bond donors (Lipinski definition) is 0. The minimum Gasteiger partial charge on any atom is -0.264 e. The molecule has 0 aromatic heterocycles. The van der Waals surface area contributed by atoms with Gasteiger partial charge in [0.25, 0.3) is 6.04 Å². The molecule has 0 radical (unpaired) electrons. The van der Waals surface area contributed by atoms with Gasteiger partial charge in [0.2, 0.25) is 0 Å². The molecule has 13 heavy (non-hydrogen) atoms. The van der Waals surface area contributed by atoms with Gasteiger partial charge in [0.05, 0.1) is 0 Å². The second-order valence-electron chi connectivity index (χ2n) is 3.47. The van der Waals surface area contributed by atoms with Crippen LogP contribution in [-0.4, -0.2) is 16.6 Å². The molecule has 0 spiro atoms. The minimum atomic E-state index is -1.85. The maximum absolute atomic E-state index is 13.7. The quantitative estimate of drug-likeness (QED) is 0.464. The highest BCUT2D eigenvalue weighted by Gasteiger charge is 2.41. The first kappa shape index (κ1) is 9.89. The largest absolute Gasteiger partial charge is 0.264 e. The molecule has 3 nitrogen and oxygen atoms in total. The van der Waals surface area contributed by atoms with E-state index >= 15 is 0 Å². The summed E-state index contributed by atoms with van der Waals surface area (Å²) in [5.74, 6) is 0. The molecule has 0 heterocycles. The van der Waals surface area contributed by atoms with Crippen molar-refractivity contribution in [3.05, 3.63) is 33.9 Å². The molecule has 0 saturated carbocycles. The van der Waals surface area contributed by atoms with E-state index in [1.165, 1.54) is 13.0 Å². The van der Waals surface area contributed by atoms with Crippen LogP contribution in [0.15, 0.2) is 23.8 Å². The van der Waals surface area contributed by atoms with Crippen molar-refractivity contribution in [2.24, 2.45) is 0 Å². The summed E-state index contributed by atoms with van der Waals surface area (Å²) in [7, 11) is 0. The van der Waals surface area contributed by atoms with Crippen molar-refractivity contribution >= 4 is 0 Å². The van der Waals surface area contributed by atoms with Gasteiger partial charge in [0.1, 0.15) is 0 Å². The number of nitro groups is 1. The predicted octanol–water partition coefficient (Wildman–Crippen LogP) is 2.27. The molecule has 0 N–H and O–H groups in total. The maximum Gasteiger partial charge on any atom is 0.253 e. The van der Waals surface area contributed by atoms with Gasteiger partial charge < -0.3 is 0 Å². The lowest BCUT2D eigenvalue weighted by Crippen LogP contribution is -2.38. The van der Waals surface area contributed by atoms with E-state index < -0.39 is 16.6 Å². The first-order chi connectivity index (χ1) is 5.93. The van der Waals surface area contributed by atoms with Gasteiger partial charge in [0.15, 0.2) is 5.67 Å². The lowest BCUT2D eigenvalue weighted by atomic mass is 9.97. The average molecular weight is 185 g/mol. The number of halogens is 1. The molecule has 0 aromatic rings. The van der Waals surface area contributed by atoms with Gasteiger partial charge in [-0.2, -0.15) is 0 Å². The molecule has 0 aromatic carbocycles. The van der Waals surface area contributed by atoms with Crippen LogP contribution in [0.25, 0.3) is 0 Å². The summed E-state index contributed by atoms with van der Waals surface area (Å²) < 4.78 is 13.7. The fraction of sp³-hybridized carbons (Fsp3) is 0.556. The van der Waals surface area contributed by atoms with Crippen molar-refractivity contribution in [1.29, 1.82) is 0 Å². The van der Waals surface area contributed by atoms with Crippen LogP contribution >= 0.6 is 0 Å². The van der Waals surface area contributed by atoms with E-state index in [4.69, 9.17) is 0 Å². The SMILES string of the molecule is CC1=CCC([N+](=O)[O-])C(C)(F)C=C1. The lowest BCUT2D eigenvalue weighted by Gasteiger charge is -2.18. The van der Waals surface area contributed by atoms with Crippen LogP contribution in [0.1, 0.15) is 20.3 Å². The third kappa shape index (κ3) is 2.14. The lowest BCUT2D eigenvalue weighted by molar-refractivity contribution is -0.535. The van der Waals surface area contributed by atoms with E-state index in [1.807, 2.05) is 0 Å². The first-order valence-electron chi connectivity index (χ1n) is 4.12. The van der Waals surface area contributed by atoms with E-state index in [1.54, 1.807) is 19.1 Å². The minimum absolute atomic E-state index is 0.152. The van der Waals surface area contributed by atoms with Crippen molar-refractivity contribution in [3.8, 4) is 0 Å². The molecule has 1 aliphatic carbocycles. The molecule has 2 unspecified atom stereocenters. The van der Waals surface area contributed by atoms with E-state index in [0.29, 0.717) is 0 Å². The van der Waals surface area contributed by atoms with E-state index in [0.717, 1.165) is 5.57 Å². The topological polar surface area (TPSA) is 43.1 Å². The third-order valence-corrected chi connectivity index (χ3v) is 2.24. The zero-order chi connectivity index (χ0) is 10.1. The number of rotatable bonds is 1. The Hall–Kier alpha value is -1.19. The van der Waals surface area contributed by atoms with Gasteiger partial charge in [-0.05, 0) is 19.9 Å². The summed E-state index contributed by atoms with van der Waals surface area (Å²) in [4.78, 5) is 9.98. The highest BCUT2D eigenvalue weighted by atomic mass is 19.1. The normalized spacial score (nSPS) is 33.8. The summed E-state index contributed by atoms with van der Waals surface area (Å²) >= 11 is 0. The molecule has 4 heteroatoms. The molecule has 0 saturated heterocycles. The van der Waals surface area contributed by atoms with Crippen molar-refractivity contribution in [2.45, 2.75) is 32.0 Å². The monoisotopic (exact) mass is 185 g/mol. The smallest absolute Gasteiger partial charge is 0.253 e. The molecular formula is C9H12FNO2. The first-order valence-corrected chi connectivity index (χ1v) is 4.12. The van der Waals surface area contributed by atoms with Crippen molar-refractivity contribution in [2.75, 3.05) is 0 Å². The number of allylic oxidation sites excluding steroid dienone is 2. The Bertz CT molecular complexity index is 281. The summed E-state index contributed by atoms with van der Waals surface area (Å²) in [6, 6.07) is -1.17. The zero-order valence-electron chi connectivity index (χ0n) is 7.66. The zero-order valence-corrected chi connectivity index (χ0v) is 7.66. The van der Waals surface area contributed by atoms with E-state index in [-0.39, 0.29) is 6.42 Å². The number of alkyl halides is 1. The maximum atomic E-state index is 13.7. The summed E-state index contributed by atoms with van der Waals surface area (Å²) in [5, 5.41) is 10.5. The van der Waals surface area contributed by atoms with Crippen molar-refractivity contribution < 1.29 is 9.31 Å². The molecule has 0 bridgehead atoms. The second-order valence-corrected chi connectivity index (χ2v) is 3.47. The van der Waals surface area contributed by atoms with Crippen LogP contribution in [0.5, 0.6) is 0 Å². The fourth-order valence-electron chi connectivity index (χ4n) is 1.29. The Morgan fingerprint density at radius 2 is 2.38 bits per heavy atom. The van der Waals surface area contributed by atoms with Crippen LogP contribution in [-0.2, 0) is 0 Å². The molecule has 2 atom stereocenters. The molecule has 1 rings (SSSR count). The Kier molecular flexibility index (Phi) is 2.50. The van der Waals surface area contributed by atoms with Crippen LogP contribution in [0.3, 0.4) is 0 Å². The fourth-order valence-corrected chi connectivity index (χ4v) is 1.29. The van der Waals surface area contributed by atoms with E-state index in [2.05, 4.69) is 0 Å². The summed E-state index contributed by atoms with van der Waals surface area (Å²) in [6.07, 6.45) is 4.69. The Morgan fingerprint density at radius 1 is 1.77 bits per heavy atom. The third-order valence-electron chi connectivity index (χ3n) is 2.24. The summed E-state index contributed by atoms with van der Waals surface area (Å²) in [6.45, 7) is 3.04. The average Bonchev–Trinajstić information content (AvgIpc) is 2.11. The number of hydrogen-bond acceptors (Lipinski definition) is 2.